The van der Waals surface area contributed by atoms with Gasteiger partial charge in [-0.3, -0.25) is 19.9 Å². The van der Waals surface area contributed by atoms with Crippen LogP contribution in [0.15, 0.2) is 11.1 Å². The third-order valence-electron chi connectivity index (χ3n) is 2.06. The van der Waals surface area contributed by atoms with Crippen LogP contribution in [0, 0.1) is 5.92 Å². The predicted molar refractivity (Wildman–Crippen MR) is 61.6 cm³/mol. The van der Waals surface area contributed by atoms with Gasteiger partial charge in [0.15, 0.2) is 11.2 Å². The van der Waals surface area contributed by atoms with Crippen molar-refractivity contribution in [3.05, 3.63) is 16.7 Å². The lowest BCUT2D eigenvalue weighted by Gasteiger charge is -2.05. The van der Waals surface area contributed by atoms with Crippen molar-refractivity contribution in [3.8, 4) is 0 Å². The molecule has 0 spiro atoms. The number of aromatic amines is 2. The Hall–Kier alpha value is -2.22. The summed E-state index contributed by atoms with van der Waals surface area (Å²) in [6, 6.07) is 0. The molecule has 0 fully saturated rings. The summed E-state index contributed by atoms with van der Waals surface area (Å²) in [5.41, 5.74) is 0.215. The van der Waals surface area contributed by atoms with Crippen molar-refractivity contribution >= 4 is 23.0 Å². The average Bonchev–Trinajstić information content (AvgIpc) is 2.65. The third kappa shape index (κ3) is 2.48. The van der Waals surface area contributed by atoms with E-state index < -0.39 is 0 Å². The largest absolute Gasteiger partial charge is 0.412 e. The van der Waals surface area contributed by atoms with Crippen LogP contribution in [-0.4, -0.2) is 31.3 Å². The summed E-state index contributed by atoms with van der Waals surface area (Å²) < 4.78 is 0. The molecule has 0 saturated carbocycles. The maximum atomic E-state index is 11.5. The summed E-state index contributed by atoms with van der Waals surface area (Å²) in [5.74, 6) is -0.276. The van der Waals surface area contributed by atoms with E-state index in [1.807, 2.05) is 0 Å². The minimum atomic E-state index is -0.360. The van der Waals surface area contributed by atoms with Gasteiger partial charge in [-0.05, 0) is 0 Å². The Balaban J connectivity index is 0.00000144. The summed E-state index contributed by atoms with van der Waals surface area (Å²) in [4.78, 5) is 35.8. The van der Waals surface area contributed by atoms with Crippen LogP contribution in [0.3, 0.4) is 0 Å². The number of fused-ring (bicyclic) bond motifs is 1. The topological polar surface area (TPSA) is 135 Å². The van der Waals surface area contributed by atoms with E-state index in [0.29, 0.717) is 5.52 Å². The molecule has 0 aliphatic carbocycles. The summed E-state index contributed by atoms with van der Waals surface area (Å²) >= 11 is 0. The molecule has 0 bridgehead atoms. The molecule has 0 aliphatic heterocycles. The lowest BCUT2D eigenvalue weighted by Crippen LogP contribution is -2.22. The zero-order chi connectivity index (χ0) is 11.7. The molecule has 0 saturated heterocycles. The van der Waals surface area contributed by atoms with E-state index in [0.717, 1.165) is 0 Å². The number of H-pyrrole nitrogens is 2. The van der Waals surface area contributed by atoms with Crippen LogP contribution < -0.4 is 10.9 Å². The molecule has 1 amide bonds. The highest BCUT2D eigenvalue weighted by atomic mass is 16.2. The quantitative estimate of drug-likeness (QED) is 0.645. The molecule has 0 aliphatic rings. The second-order valence-corrected chi connectivity index (χ2v) is 3.66. The number of hydrogen-bond donors (Lipinski definition) is 3. The summed E-state index contributed by atoms with van der Waals surface area (Å²) in [6.45, 7) is 3.50. The zero-order valence-electron chi connectivity index (χ0n) is 9.37. The van der Waals surface area contributed by atoms with E-state index >= 15 is 0 Å². The van der Waals surface area contributed by atoms with E-state index in [2.05, 4.69) is 25.3 Å². The lowest BCUT2D eigenvalue weighted by molar-refractivity contribution is -0.118. The van der Waals surface area contributed by atoms with E-state index in [4.69, 9.17) is 0 Å². The van der Waals surface area contributed by atoms with E-state index in [-0.39, 0.29) is 34.5 Å². The number of imidazole rings is 1. The Morgan fingerprint density at radius 3 is 2.82 bits per heavy atom. The number of aromatic nitrogens is 4. The van der Waals surface area contributed by atoms with Gasteiger partial charge in [-0.1, -0.05) is 13.8 Å². The first kappa shape index (κ1) is 12.8. The molecule has 5 N–H and O–H groups in total. The Morgan fingerprint density at radius 1 is 1.47 bits per heavy atom. The average molecular weight is 239 g/mol. The van der Waals surface area contributed by atoms with Crippen LogP contribution in [-0.2, 0) is 4.79 Å². The SMILES string of the molecule is CC(C)C(=O)Nc1nc2nc[nH]c2c(=O)[nH]1.O. The molecule has 2 rings (SSSR count). The highest BCUT2D eigenvalue weighted by Gasteiger charge is 2.10. The van der Waals surface area contributed by atoms with Crippen LogP contribution in [0.4, 0.5) is 5.95 Å². The van der Waals surface area contributed by atoms with E-state index in [1.54, 1.807) is 13.8 Å². The number of carbonyl (C=O) groups is 1. The molecule has 2 aromatic heterocycles. The first-order chi connectivity index (χ1) is 7.58. The van der Waals surface area contributed by atoms with Gasteiger partial charge >= 0.3 is 0 Å². The van der Waals surface area contributed by atoms with Gasteiger partial charge in [0.1, 0.15) is 0 Å². The van der Waals surface area contributed by atoms with Crippen LogP contribution in [0.1, 0.15) is 13.8 Å². The van der Waals surface area contributed by atoms with Gasteiger partial charge in [0, 0.05) is 5.92 Å². The number of hydrogen-bond acceptors (Lipinski definition) is 4. The third-order valence-corrected chi connectivity index (χ3v) is 2.06. The van der Waals surface area contributed by atoms with Crippen molar-refractivity contribution in [2.24, 2.45) is 5.92 Å². The number of amides is 1. The van der Waals surface area contributed by atoms with E-state index in [1.165, 1.54) is 6.33 Å². The Labute approximate surface area is 95.8 Å². The maximum Gasteiger partial charge on any atom is 0.278 e. The zero-order valence-corrected chi connectivity index (χ0v) is 9.37. The maximum absolute atomic E-state index is 11.5. The molecular formula is C9H13N5O3. The normalized spacial score (nSPS) is 10.3. The summed E-state index contributed by atoms with van der Waals surface area (Å²) in [5, 5.41) is 2.50. The molecule has 8 heteroatoms. The van der Waals surface area contributed by atoms with Crippen LogP contribution in [0.25, 0.3) is 11.2 Å². The number of carbonyl (C=O) groups excluding carboxylic acids is 1. The first-order valence-electron chi connectivity index (χ1n) is 4.82. The van der Waals surface area contributed by atoms with Gasteiger partial charge in [0.2, 0.25) is 11.9 Å². The lowest BCUT2D eigenvalue weighted by atomic mass is 10.2. The van der Waals surface area contributed by atoms with Crippen LogP contribution in [0.5, 0.6) is 0 Å². The van der Waals surface area contributed by atoms with Crippen molar-refractivity contribution in [3.63, 3.8) is 0 Å². The van der Waals surface area contributed by atoms with Gasteiger partial charge in [-0.25, -0.2) is 4.98 Å². The standard InChI is InChI=1S/C9H11N5O2.H2O/c1-4(2)7(15)13-9-12-6-5(8(16)14-9)10-3-11-6;/h3-4H,1-2H3,(H3,10,11,12,13,14,15,16);1H2. The van der Waals surface area contributed by atoms with Gasteiger partial charge in [-0.2, -0.15) is 4.98 Å². The highest BCUT2D eigenvalue weighted by molar-refractivity contribution is 5.90. The molecule has 2 heterocycles. The van der Waals surface area contributed by atoms with Crippen LogP contribution in [0.2, 0.25) is 0 Å². The molecule has 92 valence electrons. The molecule has 8 nitrogen and oxygen atoms in total. The minimum absolute atomic E-state index is 0. The van der Waals surface area contributed by atoms with Crippen molar-refractivity contribution in [1.82, 2.24) is 19.9 Å². The van der Waals surface area contributed by atoms with Crippen molar-refractivity contribution < 1.29 is 10.3 Å². The van der Waals surface area contributed by atoms with Crippen LogP contribution >= 0.6 is 0 Å². The molecule has 0 aromatic carbocycles. The fourth-order valence-electron chi connectivity index (χ4n) is 1.16. The number of anilines is 1. The number of nitrogens with zero attached hydrogens (tertiary/aromatic N) is 2. The molecule has 0 unspecified atom stereocenters. The van der Waals surface area contributed by atoms with Gasteiger partial charge in [0.25, 0.3) is 5.56 Å². The predicted octanol–water partition coefficient (Wildman–Crippen LogP) is -0.584. The van der Waals surface area contributed by atoms with Crippen molar-refractivity contribution in [1.29, 1.82) is 0 Å². The van der Waals surface area contributed by atoms with Crippen molar-refractivity contribution in [2.75, 3.05) is 5.32 Å². The fraction of sp³-hybridized carbons (Fsp3) is 0.333. The van der Waals surface area contributed by atoms with Gasteiger partial charge in [-0.15, -0.1) is 0 Å². The Kier molecular flexibility index (Phi) is 3.59. The second-order valence-electron chi connectivity index (χ2n) is 3.66. The smallest absolute Gasteiger partial charge is 0.278 e. The monoisotopic (exact) mass is 239 g/mol. The summed E-state index contributed by atoms with van der Waals surface area (Å²) in [7, 11) is 0. The minimum Gasteiger partial charge on any atom is -0.412 e. The van der Waals surface area contributed by atoms with Crippen molar-refractivity contribution in [2.45, 2.75) is 13.8 Å². The van der Waals surface area contributed by atoms with Gasteiger partial charge < -0.3 is 10.5 Å². The summed E-state index contributed by atoms with van der Waals surface area (Å²) in [6.07, 6.45) is 1.38. The second kappa shape index (κ2) is 4.74. The first-order valence-corrected chi connectivity index (χ1v) is 4.82. The fourth-order valence-corrected chi connectivity index (χ4v) is 1.16. The molecule has 2 aromatic rings. The molecule has 0 atom stereocenters. The number of nitrogens with one attached hydrogen (secondary N) is 3. The Bertz CT molecular complexity index is 586. The highest BCUT2D eigenvalue weighted by Crippen LogP contribution is 2.04. The molecular weight excluding hydrogens is 226 g/mol. The molecule has 17 heavy (non-hydrogen) atoms. The number of rotatable bonds is 2. The Morgan fingerprint density at radius 2 is 2.18 bits per heavy atom. The van der Waals surface area contributed by atoms with E-state index in [9.17, 15) is 9.59 Å². The molecule has 0 radical (unpaired) electrons. The van der Waals surface area contributed by atoms with Gasteiger partial charge in [0.05, 0.1) is 6.33 Å².